The maximum absolute atomic E-state index is 14.0. The number of carbonyl (C=O) groups excluding carboxylic acids is 4. The molecule has 3 N–H and O–H groups in total. The molecule has 4 aromatic rings. The first-order valence-corrected chi connectivity index (χ1v) is 22.2. The van der Waals surface area contributed by atoms with E-state index in [1.165, 1.54) is 0 Å². The summed E-state index contributed by atoms with van der Waals surface area (Å²) in [6.07, 6.45) is 5.20. The molecule has 2 fully saturated rings. The number of rotatable bonds is 18. The van der Waals surface area contributed by atoms with Crippen molar-refractivity contribution in [1.82, 2.24) is 35.1 Å². The number of hydrazine groups is 1. The van der Waals surface area contributed by atoms with Crippen LogP contribution in [0.2, 0.25) is 0 Å². The molecule has 14 nitrogen and oxygen atoms in total. The number of aryl methyl sites for hydroxylation is 1. The minimum absolute atomic E-state index is 0.0281. The largest absolute Gasteiger partial charge is 0.508 e. The van der Waals surface area contributed by atoms with Crippen LogP contribution in [0.4, 0.5) is 0 Å². The average molecular weight is 868 g/mol. The van der Waals surface area contributed by atoms with Crippen molar-refractivity contribution in [3.8, 4) is 28.1 Å². The number of nitrogens with zero attached hydrogens (tertiary/aromatic N) is 5. The minimum Gasteiger partial charge on any atom is -0.508 e. The van der Waals surface area contributed by atoms with Crippen LogP contribution >= 0.6 is 0 Å². The quantitative estimate of drug-likeness (QED) is 0.100. The summed E-state index contributed by atoms with van der Waals surface area (Å²) in [5.41, 5.74) is 10.1. The van der Waals surface area contributed by atoms with E-state index in [9.17, 15) is 24.3 Å². The van der Waals surface area contributed by atoms with Crippen molar-refractivity contribution in [2.75, 3.05) is 61.0 Å². The molecular weight excluding hydrogens is 799 g/mol. The number of aromatic nitrogens is 2. The molecule has 0 saturated carbocycles. The Balaban J connectivity index is 0.000000971. The lowest BCUT2D eigenvalue weighted by Crippen LogP contribution is -2.58. The zero-order valence-electron chi connectivity index (χ0n) is 38.9. The Kier molecular flexibility index (Phi) is 17.0. The average Bonchev–Trinajstić information content (AvgIpc) is 3.55. The molecule has 2 aromatic carbocycles. The van der Waals surface area contributed by atoms with Crippen LogP contribution in [-0.2, 0) is 48.0 Å². The number of aldehydes is 1. The maximum Gasteiger partial charge on any atom is 0.293 e. The lowest BCUT2D eigenvalue weighted by atomic mass is 9.84. The zero-order valence-corrected chi connectivity index (χ0v) is 38.9. The monoisotopic (exact) mass is 868 g/mol. The number of phenols is 1. The van der Waals surface area contributed by atoms with E-state index in [2.05, 4.69) is 65.2 Å². The number of methoxy groups -OCH3 is 1. The predicted molar refractivity (Wildman–Crippen MR) is 247 cm³/mol. The number of likely N-dealkylation sites (tertiary alicyclic amines) is 1. The van der Waals surface area contributed by atoms with Gasteiger partial charge >= 0.3 is 0 Å². The number of phenolic OH excluding ortho intramolecular Hbond substituents is 1. The van der Waals surface area contributed by atoms with E-state index in [4.69, 9.17) is 14.5 Å². The summed E-state index contributed by atoms with van der Waals surface area (Å²) in [5.74, 6) is 0.00760. The van der Waals surface area contributed by atoms with E-state index in [1.807, 2.05) is 58.9 Å². The molecule has 0 radical (unpaired) electrons. The zero-order chi connectivity index (χ0) is 46.0. The Labute approximate surface area is 373 Å². The Morgan fingerprint density at radius 2 is 1.81 bits per heavy atom. The van der Waals surface area contributed by atoms with Crippen molar-refractivity contribution in [2.24, 2.45) is 17.3 Å². The summed E-state index contributed by atoms with van der Waals surface area (Å²) in [4.78, 5) is 57.6. The molecule has 2 aromatic heterocycles. The van der Waals surface area contributed by atoms with Gasteiger partial charge in [-0.15, -0.1) is 0 Å². The normalized spacial score (nSPS) is 16.2. The highest BCUT2D eigenvalue weighted by Crippen LogP contribution is 2.42. The number of hydrogen-bond acceptors (Lipinski definition) is 11. The molecule has 0 spiro atoms. The Morgan fingerprint density at radius 3 is 2.40 bits per heavy atom. The van der Waals surface area contributed by atoms with Gasteiger partial charge in [0.25, 0.3) is 12.4 Å². The molecule has 2 aliphatic heterocycles. The van der Waals surface area contributed by atoms with Crippen LogP contribution in [0.1, 0.15) is 77.3 Å². The SMILES string of the molecule is CCn1c(-c2cccnc2C(C)OC)c(CC(C)(C)COC=O)c2cc(-c3cc(O)cc(CC(NC(=O)C(C(C)C)N(C)C)C(=O)N4CCCCN4)c3)ccc21.CN1CC(C=O)C1. The predicted octanol–water partition coefficient (Wildman–Crippen LogP) is 6.03. The van der Waals surface area contributed by atoms with Gasteiger partial charge in [-0.05, 0) is 119 Å². The summed E-state index contributed by atoms with van der Waals surface area (Å²) >= 11 is 0. The Morgan fingerprint density at radius 1 is 1.06 bits per heavy atom. The summed E-state index contributed by atoms with van der Waals surface area (Å²) in [5, 5.41) is 16.9. The number of pyridine rings is 1. The van der Waals surface area contributed by atoms with Crippen LogP contribution in [0.5, 0.6) is 5.75 Å². The van der Waals surface area contributed by atoms with E-state index >= 15 is 0 Å². The topological polar surface area (TPSA) is 159 Å². The van der Waals surface area contributed by atoms with Crippen molar-refractivity contribution in [3.05, 3.63) is 71.5 Å². The van der Waals surface area contributed by atoms with E-state index in [0.29, 0.717) is 38.4 Å². The van der Waals surface area contributed by atoms with Crippen molar-refractivity contribution in [3.63, 3.8) is 0 Å². The van der Waals surface area contributed by atoms with Crippen molar-refractivity contribution in [1.29, 1.82) is 0 Å². The van der Waals surface area contributed by atoms with Crippen LogP contribution in [0.15, 0.2) is 54.7 Å². The molecule has 3 atom stereocenters. The third-order valence-electron chi connectivity index (χ3n) is 12.0. The first-order chi connectivity index (χ1) is 30.0. The summed E-state index contributed by atoms with van der Waals surface area (Å²) in [7, 11) is 7.42. The van der Waals surface area contributed by atoms with Crippen LogP contribution < -0.4 is 10.7 Å². The number of likely N-dealkylation sites (N-methyl/N-ethyl adjacent to an activating group) is 1. The number of ether oxygens (including phenoxy) is 2. The molecule has 0 bridgehead atoms. The van der Waals surface area contributed by atoms with Gasteiger partial charge in [0.1, 0.15) is 18.1 Å². The summed E-state index contributed by atoms with van der Waals surface area (Å²) < 4.78 is 13.4. The summed E-state index contributed by atoms with van der Waals surface area (Å²) in [6.45, 7) is 16.9. The molecule has 63 heavy (non-hydrogen) atoms. The molecule has 4 heterocycles. The fourth-order valence-corrected chi connectivity index (χ4v) is 8.94. The molecular formula is C49H69N7O7. The lowest BCUT2D eigenvalue weighted by molar-refractivity contribution is -0.141. The van der Waals surface area contributed by atoms with E-state index in [-0.39, 0.29) is 42.6 Å². The van der Waals surface area contributed by atoms with Gasteiger partial charge in [-0.25, -0.2) is 5.43 Å². The van der Waals surface area contributed by atoms with Gasteiger partial charge < -0.3 is 34.2 Å². The molecule has 2 amide bonds. The van der Waals surface area contributed by atoms with E-state index in [1.54, 1.807) is 30.4 Å². The van der Waals surface area contributed by atoms with Crippen molar-refractivity contribution in [2.45, 2.75) is 92.0 Å². The van der Waals surface area contributed by atoms with Crippen molar-refractivity contribution < 1.29 is 33.8 Å². The molecule has 2 aliphatic rings. The van der Waals surface area contributed by atoms with Crippen LogP contribution in [0.3, 0.4) is 0 Å². The minimum atomic E-state index is -0.849. The second-order valence-electron chi connectivity index (χ2n) is 18.4. The van der Waals surface area contributed by atoms with Gasteiger partial charge in [-0.1, -0.05) is 39.8 Å². The number of benzene rings is 2. The highest BCUT2D eigenvalue weighted by atomic mass is 16.5. The second-order valence-corrected chi connectivity index (χ2v) is 18.4. The van der Waals surface area contributed by atoms with Gasteiger partial charge in [0.2, 0.25) is 5.91 Å². The summed E-state index contributed by atoms with van der Waals surface area (Å²) in [6, 6.07) is 14.4. The number of fused-ring (bicyclic) bond motifs is 1. The van der Waals surface area contributed by atoms with Crippen LogP contribution in [-0.4, -0.2) is 127 Å². The first kappa shape index (κ1) is 48.9. The Bertz CT molecular complexity index is 2180. The van der Waals surface area contributed by atoms with Crippen molar-refractivity contribution >= 4 is 35.5 Å². The highest BCUT2D eigenvalue weighted by molar-refractivity contribution is 5.95. The van der Waals surface area contributed by atoms with Crippen LogP contribution in [0, 0.1) is 17.3 Å². The number of carbonyl (C=O) groups is 4. The van der Waals surface area contributed by atoms with Gasteiger partial charge in [0.15, 0.2) is 0 Å². The molecule has 6 rings (SSSR count). The van der Waals surface area contributed by atoms with E-state index in [0.717, 1.165) is 82.3 Å². The maximum atomic E-state index is 14.0. The third-order valence-corrected chi connectivity index (χ3v) is 12.0. The molecule has 14 heteroatoms. The van der Waals surface area contributed by atoms with Gasteiger partial charge in [0, 0.05) is 80.3 Å². The second kappa shape index (κ2) is 22.0. The lowest BCUT2D eigenvalue weighted by Gasteiger charge is -2.33. The number of hydrogen-bond donors (Lipinski definition) is 3. The van der Waals surface area contributed by atoms with Gasteiger partial charge in [-0.2, -0.15) is 0 Å². The molecule has 3 unspecified atom stereocenters. The first-order valence-electron chi connectivity index (χ1n) is 22.2. The number of nitrogens with one attached hydrogen (secondary N) is 2. The van der Waals surface area contributed by atoms with Gasteiger partial charge in [-0.3, -0.25) is 29.3 Å². The number of amides is 2. The fourth-order valence-electron chi connectivity index (χ4n) is 8.94. The molecule has 0 aliphatic carbocycles. The fraction of sp³-hybridized carbons (Fsp3) is 0.531. The third kappa shape index (κ3) is 12.1. The Hall–Kier alpha value is -5.15. The molecule has 342 valence electrons. The molecule has 2 saturated heterocycles. The van der Waals surface area contributed by atoms with E-state index < -0.39 is 17.5 Å². The van der Waals surface area contributed by atoms with Gasteiger partial charge in [0.05, 0.1) is 30.1 Å². The smallest absolute Gasteiger partial charge is 0.293 e. The van der Waals surface area contributed by atoms with Crippen LogP contribution in [0.25, 0.3) is 33.3 Å². The standard InChI is InChI=1S/C44H60N6O6.C5H9NO/c1-10-49-38-16-15-31(24-35(38)36(25-44(5,6)26-56-27-51)41(49)34-14-13-17-45-39(34)29(4)55-9)32-20-30(21-33(52)23-32)22-37(43(54)50-19-12-11-18-46-50)47-42(53)40(28(2)3)48(7)8;1-6-2-5(3-6)4-7/h13-17,20-21,23-24,27-29,37,40,46,52H,10-12,18-19,22,25-26H2,1-9H3,(H,47,53);4-5H,2-3H2,1H3. The number of aromatic hydroxyl groups is 1. The highest BCUT2D eigenvalue weighted by Gasteiger charge is 2.33.